The van der Waals surface area contributed by atoms with E-state index in [0.29, 0.717) is 11.1 Å². The Labute approximate surface area is 111 Å². The lowest BCUT2D eigenvalue weighted by Gasteiger charge is -2.12. The highest BCUT2D eigenvalue weighted by Crippen LogP contribution is 2.19. The van der Waals surface area contributed by atoms with Gasteiger partial charge in [0.1, 0.15) is 5.75 Å². The highest BCUT2D eigenvalue weighted by atomic mass is 32.1. The van der Waals surface area contributed by atoms with Crippen molar-refractivity contribution in [2.45, 2.75) is 13.5 Å². The zero-order valence-corrected chi connectivity index (χ0v) is 11.2. The van der Waals surface area contributed by atoms with Gasteiger partial charge in [0.05, 0.1) is 17.3 Å². The van der Waals surface area contributed by atoms with Gasteiger partial charge in [-0.15, -0.1) is 0 Å². The number of pyridine rings is 1. The summed E-state index contributed by atoms with van der Waals surface area (Å²) in [6.45, 7) is 2.55. The minimum atomic E-state index is 0.181. The molecule has 0 bridgehead atoms. The van der Waals surface area contributed by atoms with Crippen molar-refractivity contribution in [1.82, 2.24) is 4.57 Å². The third kappa shape index (κ3) is 2.54. The van der Waals surface area contributed by atoms with Crippen LogP contribution in [0.5, 0.6) is 11.5 Å². The van der Waals surface area contributed by atoms with Crippen LogP contribution in [0.3, 0.4) is 0 Å². The maximum absolute atomic E-state index is 9.80. The fourth-order valence-electron chi connectivity index (χ4n) is 1.76. The maximum atomic E-state index is 9.80. The molecule has 0 aliphatic heterocycles. The first-order chi connectivity index (χ1) is 8.61. The summed E-state index contributed by atoms with van der Waals surface area (Å²) in [6.07, 6.45) is 1.89. The first-order valence-electron chi connectivity index (χ1n) is 5.64. The fraction of sp³-hybridized carbons (Fsp3) is 0.214. The monoisotopic (exact) mass is 261 g/mol. The lowest BCUT2D eigenvalue weighted by molar-refractivity contribution is 0.414. The third-order valence-electron chi connectivity index (χ3n) is 2.92. The van der Waals surface area contributed by atoms with Crippen molar-refractivity contribution in [3.05, 3.63) is 52.3 Å². The SMILES string of the molecule is COc1ccc(Cn2ccc(=S)c(O)c2C)cc1. The first-order valence-corrected chi connectivity index (χ1v) is 6.04. The normalized spacial score (nSPS) is 10.3. The van der Waals surface area contributed by atoms with E-state index in [1.807, 2.05) is 42.0 Å². The second kappa shape index (κ2) is 5.23. The second-order valence-corrected chi connectivity index (χ2v) is 4.53. The first kappa shape index (κ1) is 12.6. The third-order valence-corrected chi connectivity index (χ3v) is 3.25. The van der Waals surface area contributed by atoms with Gasteiger partial charge in [0.25, 0.3) is 0 Å². The molecule has 2 aromatic rings. The van der Waals surface area contributed by atoms with Crippen LogP contribution in [0.1, 0.15) is 11.3 Å². The van der Waals surface area contributed by atoms with E-state index in [9.17, 15) is 5.11 Å². The van der Waals surface area contributed by atoms with Gasteiger partial charge >= 0.3 is 0 Å². The van der Waals surface area contributed by atoms with E-state index in [2.05, 4.69) is 0 Å². The molecule has 18 heavy (non-hydrogen) atoms. The van der Waals surface area contributed by atoms with Crippen LogP contribution in [-0.2, 0) is 6.54 Å². The Balaban J connectivity index is 2.28. The summed E-state index contributed by atoms with van der Waals surface area (Å²) in [4.78, 5) is 0. The molecule has 0 aliphatic carbocycles. The van der Waals surface area contributed by atoms with E-state index in [-0.39, 0.29) is 5.75 Å². The van der Waals surface area contributed by atoms with Gasteiger partial charge in [-0.2, -0.15) is 0 Å². The van der Waals surface area contributed by atoms with Gasteiger partial charge in [0.15, 0.2) is 5.75 Å². The summed E-state index contributed by atoms with van der Waals surface area (Å²) in [6, 6.07) is 9.59. The Kier molecular flexibility index (Phi) is 3.67. The Hall–Kier alpha value is -1.81. The van der Waals surface area contributed by atoms with Crippen molar-refractivity contribution in [2.24, 2.45) is 0 Å². The minimum Gasteiger partial charge on any atom is -0.505 e. The molecule has 0 aliphatic rings. The Bertz CT molecular complexity index is 602. The predicted molar refractivity (Wildman–Crippen MR) is 73.8 cm³/mol. The van der Waals surface area contributed by atoms with Crippen molar-refractivity contribution >= 4 is 12.2 Å². The molecule has 0 fully saturated rings. The highest BCUT2D eigenvalue weighted by molar-refractivity contribution is 7.71. The molecule has 1 aromatic carbocycles. The van der Waals surface area contributed by atoms with Crippen molar-refractivity contribution in [1.29, 1.82) is 0 Å². The quantitative estimate of drug-likeness (QED) is 0.861. The molecular formula is C14H15NO2S. The molecule has 1 aromatic heterocycles. The molecule has 0 spiro atoms. The topological polar surface area (TPSA) is 34.4 Å². The van der Waals surface area contributed by atoms with Crippen molar-refractivity contribution < 1.29 is 9.84 Å². The molecule has 0 radical (unpaired) electrons. The van der Waals surface area contributed by atoms with Crippen molar-refractivity contribution in [3.8, 4) is 11.5 Å². The van der Waals surface area contributed by atoms with Crippen LogP contribution in [0, 0.1) is 11.4 Å². The molecular weight excluding hydrogens is 246 g/mol. The molecule has 0 saturated heterocycles. The smallest absolute Gasteiger partial charge is 0.152 e. The van der Waals surface area contributed by atoms with Gasteiger partial charge < -0.3 is 14.4 Å². The van der Waals surface area contributed by atoms with Crippen LogP contribution < -0.4 is 4.74 Å². The molecule has 0 unspecified atom stereocenters. The summed E-state index contributed by atoms with van der Waals surface area (Å²) < 4.78 is 7.57. The van der Waals surface area contributed by atoms with E-state index in [4.69, 9.17) is 17.0 Å². The van der Waals surface area contributed by atoms with Crippen LogP contribution >= 0.6 is 12.2 Å². The summed E-state index contributed by atoms with van der Waals surface area (Å²) in [5.74, 6) is 1.02. The van der Waals surface area contributed by atoms with Crippen molar-refractivity contribution in [2.75, 3.05) is 7.11 Å². The van der Waals surface area contributed by atoms with Gasteiger partial charge in [-0.25, -0.2) is 0 Å². The van der Waals surface area contributed by atoms with E-state index < -0.39 is 0 Å². The van der Waals surface area contributed by atoms with E-state index in [0.717, 1.165) is 17.0 Å². The predicted octanol–water partition coefficient (Wildman–Crippen LogP) is 3.29. The molecule has 1 heterocycles. The number of hydrogen-bond acceptors (Lipinski definition) is 3. The number of hydrogen-bond donors (Lipinski definition) is 1. The van der Waals surface area contributed by atoms with E-state index in [1.165, 1.54) is 0 Å². The largest absolute Gasteiger partial charge is 0.505 e. The number of nitrogens with zero attached hydrogens (tertiary/aromatic N) is 1. The van der Waals surface area contributed by atoms with Crippen LogP contribution in [0.2, 0.25) is 0 Å². The summed E-state index contributed by atoms with van der Waals surface area (Å²) in [7, 11) is 1.65. The van der Waals surface area contributed by atoms with Crippen LogP contribution in [-0.4, -0.2) is 16.8 Å². The zero-order valence-electron chi connectivity index (χ0n) is 10.4. The van der Waals surface area contributed by atoms with Gasteiger partial charge in [0.2, 0.25) is 0 Å². The number of methoxy groups -OCH3 is 1. The van der Waals surface area contributed by atoms with Gasteiger partial charge in [-0.3, -0.25) is 0 Å². The summed E-state index contributed by atoms with van der Waals surface area (Å²) in [5.41, 5.74) is 1.92. The fourth-order valence-corrected chi connectivity index (χ4v) is 1.97. The highest BCUT2D eigenvalue weighted by Gasteiger charge is 2.03. The standard InChI is InChI=1S/C14H15NO2S/c1-10-14(16)13(18)7-8-15(10)9-11-3-5-12(17-2)6-4-11/h3-8,16H,9H2,1-2H3. The molecule has 94 valence electrons. The number of ether oxygens (including phenoxy) is 1. The van der Waals surface area contributed by atoms with Crippen molar-refractivity contribution in [3.63, 3.8) is 0 Å². The number of aromatic nitrogens is 1. The number of rotatable bonds is 3. The molecule has 4 heteroatoms. The molecule has 0 saturated carbocycles. The van der Waals surface area contributed by atoms with Crippen LogP contribution in [0.4, 0.5) is 0 Å². The number of aromatic hydroxyl groups is 1. The lowest BCUT2D eigenvalue weighted by Crippen LogP contribution is -2.04. The molecule has 0 amide bonds. The average Bonchev–Trinajstić information content (AvgIpc) is 2.40. The van der Waals surface area contributed by atoms with Gasteiger partial charge in [0, 0.05) is 12.7 Å². The number of benzene rings is 1. The van der Waals surface area contributed by atoms with Crippen LogP contribution in [0.25, 0.3) is 0 Å². The molecule has 1 N–H and O–H groups in total. The molecule has 0 atom stereocenters. The van der Waals surface area contributed by atoms with Gasteiger partial charge in [-0.1, -0.05) is 24.4 Å². The second-order valence-electron chi connectivity index (χ2n) is 4.09. The average molecular weight is 261 g/mol. The van der Waals surface area contributed by atoms with Crippen LogP contribution in [0.15, 0.2) is 36.5 Å². The zero-order chi connectivity index (χ0) is 13.1. The molecule has 2 rings (SSSR count). The Morgan fingerprint density at radius 2 is 1.89 bits per heavy atom. The molecule has 3 nitrogen and oxygen atoms in total. The summed E-state index contributed by atoms with van der Waals surface area (Å²) in [5, 5.41) is 9.80. The maximum Gasteiger partial charge on any atom is 0.152 e. The van der Waals surface area contributed by atoms with Gasteiger partial charge in [-0.05, 0) is 30.7 Å². The minimum absolute atomic E-state index is 0.181. The Morgan fingerprint density at radius 1 is 1.22 bits per heavy atom. The van der Waals surface area contributed by atoms with E-state index >= 15 is 0 Å². The Morgan fingerprint density at radius 3 is 2.50 bits per heavy atom. The summed E-state index contributed by atoms with van der Waals surface area (Å²) >= 11 is 5.02. The van der Waals surface area contributed by atoms with E-state index in [1.54, 1.807) is 13.2 Å². The lowest BCUT2D eigenvalue weighted by atomic mass is 10.2.